The molecule has 1 aliphatic heterocycles. The van der Waals surface area contributed by atoms with Crippen LogP contribution in [0.25, 0.3) is 0 Å². The quantitative estimate of drug-likeness (QED) is 0.703. The van der Waals surface area contributed by atoms with Crippen LogP contribution in [0.3, 0.4) is 0 Å². The van der Waals surface area contributed by atoms with Crippen LogP contribution in [0.5, 0.6) is 11.5 Å². The maximum atomic E-state index is 12.7. The number of hydrogen-bond donors (Lipinski definition) is 1. The number of fused-ring (bicyclic) bond motifs is 1. The van der Waals surface area contributed by atoms with Crippen LogP contribution in [-0.4, -0.2) is 55.1 Å². The lowest BCUT2D eigenvalue weighted by Crippen LogP contribution is -2.62. The summed E-state index contributed by atoms with van der Waals surface area (Å²) in [6, 6.07) is 2.29. The van der Waals surface area contributed by atoms with Gasteiger partial charge in [0.25, 0.3) is 0 Å². The van der Waals surface area contributed by atoms with Crippen LogP contribution in [0.2, 0.25) is 0 Å². The standard InChI is InChI=1S/C25H33NO5/c1-30-21-11-16(5-8-22(28)31-2)18-12-20-19-7-6-17(27)13-25(19,23(18)24(21)29)9-10-26(20)14-15-3-4-15/h11,15,19-20,29H,3-10,12-14H2,1-2H3/t19?,20?,25-/m1/s1. The fourth-order valence-corrected chi connectivity index (χ4v) is 6.73. The zero-order chi connectivity index (χ0) is 21.8. The molecule has 2 bridgehead atoms. The van der Waals surface area contributed by atoms with E-state index in [2.05, 4.69) is 4.90 Å². The summed E-state index contributed by atoms with van der Waals surface area (Å²) >= 11 is 0. The molecule has 0 aromatic heterocycles. The number of methoxy groups -OCH3 is 2. The van der Waals surface area contributed by atoms with Crippen molar-refractivity contribution in [3.05, 3.63) is 22.8 Å². The number of esters is 1. The molecule has 0 amide bonds. The molecule has 6 nitrogen and oxygen atoms in total. The Hall–Kier alpha value is -2.08. The van der Waals surface area contributed by atoms with Crippen LogP contribution in [0.1, 0.15) is 61.6 Å². The van der Waals surface area contributed by atoms with E-state index in [1.165, 1.54) is 20.0 Å². The van der Waals surface area contributed by atoms with Crippen molar-refractivity contribution in [3.63, 3.8) is 0 Å². The van der Waals surface area contributed by atoms with Gasteiger partial charge in [0.15, 0.2) is 11.5 Å². The molecule has 1 N–H and O–H groups in total. The second-order valence-corrected chi connectivity index (χ2v) is 9.99. The zero-order valence-electron chi connectivity index (χ0n) is 18.6. The second kappa shape index (κ2) is 7.80. The minimum absolute atomic E-state index is 0.202. The number of phenolic OH excluding ortho intramolecular Hbond substituents is 1. The number of Topliss-reactive ketones (excluding diaryl/α,β-unsaturated/α-hetero) is 1. The summed E-state index contributed by atoms with van der Waals surface area (Å²) in [5.74, 6) is 1.92. The van der Waals surface area contributed by atoms with Gasteiger partial charge < -0.3 is 14.6 Å². The van der Waals surface area contributed by atoms with E-state index in [1.807, 2.05) is 6.07 Å². The number of piperidine rings is 1. The fraction of sp³-hybridized carbons (Fsp3) is 0.680. The van der Waals surface area contributed by atoms with E-state index in [-0.39, 0.29) is 17.1 Å². The van der Waals surface area contributed by atoms with Gasteiger partial charge in [-0.05, 0) is 74.1 Å². The minimum Gasteiger partial charge on any atom is -0.504 e. The lowest BCUT2D eigenvalue weighted by Gasteiger charge is -2.59. The molecule has 3 fully saturated rings. The van der Waals surface area contributed by atoms with Crippen LogP contribution in [0.15, 0.2) is 6.07 Å². The van der Waals surface area contributed by atoms with Crippen molar-refractivity contribution >= 4 is 11.8 Å². The molecule has 4 aliphatic rings. The lowest BCUT2D eigenvalue weighted by molar-refractivity contribution is -0.140. The predicted molar refractivity (Wildman–Crippen MR) is 115 cm³/mol. The van der Waals surface area contributed by atoms with Crippen LogP contribution >= 0.6 is 0 Å². The van der Waals surface area contributed by atoms with Gasteiger partial charge in [0.05, 0.1) is 14.2 Å². The largest absolute Gasteiger partial charge is 0.504 e. The van der Waals surface area contributed by atoms with Crippen LogP contribution in [0.4, 0.5) is 0 Å². The van der Waals surface area contributed by atoms with Gasteiger partial charge in [-0.25, -0.2) is 0 Å². The number of carbonyl (C=O) groups is 2. The number of benzene rings is 1. The molecular weight excluding hydrogens is 394 g/mol. The fourth-order valence-electron chi connectivity index (χ4n) is 6.73. The van der Waals surface area contributed by atoms with Crippen molar-refractivity contribution in [2.24, 2.45) is 11.8 Å². The molecule has 31 heavy (non-hydrogen) atoms. The van der Waals surface area contributed by atoms with Crippen molar-refractivity contribution in [1.82, 2.24) is 4.90 Å². The number of phenols is 1. The second-order valence-electron chi connectivity index (χ2n) is 9.99. The minimum atomic E-state index is -0.313. The van der Waals surface area contributed by atoms with Crippen molar-refractivity contribution in [2.45, 2.75) is 69.2 Å². The number of ether oxygens (including phenoxy) is 2. The monoisotopic (exact) mass is 427 g/mol. The molecular formula is C25H33NO5. The molecule has 3 aliphatic carbocycles. The zero-order valence-corrected chi connectivity index (χ0v) is 18.6. The maximum Gasteiger partial charge on any atom is 0.305 e. The summed E-state index contributed by atoms with van der Waals surface area (Å²) in [7, 11) is 2.98. The van der Waals surface area contributed by atoms with Gasteiger partial charge in [-0.15, -0.1) is 0 Å². The predicted octanol–water partition coefficient (Wildman–Crippen LogP) is 3.15. The molecule has 168 valence electrons. The highest BCUT2D eigenvalue weighted by atomic mass is 16.5. The smallest absolute Gasteiger partial charge is 0.305 e. The number of hydrogen-bond acceptors (Lipinski definition) is 6. The van der Waals surface area contributed by atoms with Crippen molar-refractivity contribution in [1.29, 1.82) is 0 Å². The first-order valence-electron chi connectivity index (χ1n) is 11.7. The van der Waals surface area contributed by atoms with Crippen LogP contribution < -0.4 is 4.74 Å². The van der Waals surface area contributed by atoms with Crippen molar-refractivity contribution < 1.29 is 24.2 Å². The number of carbonyl (C=O) groups excluding carboxylic acids is 2. The van der Waals surface area contributed by atoms with E-state index in [0.717, 1.165) is 55.0 Å². The van der Waals surface area contributed by atoms with Crippen LogP contribution in [0, 0.1) is 11.8 Å². The Morgan fingerprint density at radius 1 is 1.29 bits per heavy atom. The Morgan fingerprint density at radius 2 is 2.10 bits per heavy atom. The van der Waals surface area contributed by atoms with Crippen molar-refractivity contribution in [3.8, 4) is 11.5 Å². The number of aryl methyl sites for hydroxylation is 1. The van der Waals surface area contributed by atoms with Gasteiger partial charge >= 0.3 is 5.97 Å². The third-order valence-electron chi connectivity index (χ3n) is 8.35. The van der Waals surface area contributed by atoms with Gasteiger partial charge in [-0.3, -0.25) is 14.5 Å². The molecule has 3 atom stereocenters. The van der Waals surface area contributed by atoms with Crippen molar-refractivity contribution in [2.75, 3.05) is 27.3 Å². The molecule has 0 spiro atoms. The SMILES string of the molecule is COC(=O)CCc1cc(OC)c(O)c2c1CC1C3CCC(=O)C[C@@]23CCN1CC1CC1. The number of aromatic hydroxyl groups is 1. The van der Waals surface area contributed by atoms with Gasteiger partial charge in [0.1, 0.15) is 5.78 Å². The molecule has 1 saturated heterocycles. The Kier molecular flexibility index (Phi) is 5.24. The molecule has 1 heterocycles. The highest BCUT2D eigenvalue weighted by molar-refractivity contribution is 5.82. The molecule has 2 saturated carbocycles. The van der Waals surface area contributed by atoms with E-state index >= 15 is 0 Å². The third-order valence-corrected chi connectivity index (χ3v) is 8.35. The van der Waals surface area contributed by atoms with Crippen LogP contribution in [-0.2, 0) is 32.6 Å². The third kappa shape index (κ3) is 3.43. The summed E-state index contributed by atoms with van der Waals surface area (Å²) in [6.07, 6.45) is 7.34. The normalized spacial score (nSPS) is 29.8. The average molecular weight is 428 g/mol. The average Bonchev–Trinajstić information content (AvgIpc) is 3.58. The summed E-state index contributed by atoms with van der Waals surface area (Å²) in [4.78, 5) is 27.2. The highest BCUT2D eigenvalue weighted by Gasteiger charge is 2.57. The van der Waals surface area contributed by atoms with Gasteiger partial charge in [0, 0.05) is 42.8 Å². The Morgan fingerprint density at radius 3 is 2.81 bits per heavy atom. The number of rotatable bonds is 6. The van der Waals surface area contributed by atoms with Gasteiger partial charge in [0.2, 0.25) is 0 Å². The van der Waals surface area contributed by atoms with E-state index in [9.17, 15) is 14.7 Å². The summed E-state index contributed by atoms with van der Waals surface area (Å²) in [6.45, 7) is 2.14. The molecule has 2 unspecified atom stereocenters. The summed E-state index contributed by atoms with van der Waals surface area (Å²) in [5, 5.41) is 11.3. The Labute approximate surface area is 183 Å². The van der Waals surface area contributed by atoms with Gasteiger partial charge in [-0.2, -0.15) is 0 Å². The number of likely N-dealkylation sites (tertiary alicyclic amines) is 1. The Balaban J connectivity index is 1.62. The van der Waals surface area contributed by atoms with E-state index in [1.54, 1.807) is 7.11 Å². The topological polar surface area (TPSA) is 76.1 Å². The molecule has 1 aromatic carbocycles. The summed E-state index contributed by atoms with van der Waals surface area (Å²) in [5.41, 5.74) is 2.81. The first-order valence-corrected chi connectivity index (χ1v) is 11.7. The number of nitrogens with zero attached hydrogens (tertiary/aromatic N) is 1. The lowest BCUT2D eigenvalue weighted by atomic mass is 9.51. The molecule has 6 heteroatoms. The van der Waals surface area contributed by atoms with E-state index in [0.29, 0.717) is 49.2 Å². The first-order chi connectivity index (χ1) is 15.0. The number of ketones is 1. The summed E-state index contributed by atoms with van der Waals surface area (Å²) < 4.78 is 10.4. The van der Waals surface area contributed by atoms with Gasteiger partial charge in [-0.1, -0.05) is 0 Å². The highest BCUT2D eigenvalue weighted by Crippen LogP contribution is 2.59. The first kappa shape index (κ1) is 20.8. The molecule has 5 rings (SSSR count). The molecule has 1 aromatic rings. The molecule has 0 radical (unpaired) electrons. The maximum absolute atomic E-state index is 12.7. The van der Waals surface area contributed by atoms with E-state index < -0.39 is 0 Å². The van der Waals surface area contributed by atoms with E-state index in [4.69, 9.17) is 9.47 Å². The Bertz CT molecular complexity index is 908.